The summed E-state index contributed by atoms with van der Waals surface area (Å²) >= 11 is 0. The van der Waals surface area contributed by atoms with Crippen molar-refractivity contribution >= 4 is 11.7 Å². The average molecular weight is 237 g/mol. The van der Waals surface area contributed by atoms with Crippen molar-refractivity contribution in [2.24, 2.45) is 5.92 Å². The van der Waals surface area contributed by atoms with E-state index in [2.05, 4.69) is 15.3 Å². The highest BCUT2D eigenvalue weighted by Crippen LogP contribution is 2.16. The third kappa shape index (κ3) is 3.13. The van der Waals surface area contributed by atoms with E-state index in [1.807, 2.05) is 0 Å². The Kier molecular flexibility index (Phi) is 3.87. The number of carbonyl (C=O) groups is 1. The molecule has 0 radical (unpaired) electrons. The predicted octanol–water partition coefficient (Wildman–Crippen LogP) is 0.850. The number of ether oxygens (including phenoxy) is 2. The van der Waals surface area contributed by atoms with Gasteiger partial charge in [0, 0.05) is 19.1 Å². The zero-order chi connectivity index (χ0) is 12.1. The molecule has 1 saturated heterocycles. The smallest absolute Gasteiger partial charge is 0.232 e. The lowest BCUT2D eigenvalue weighted by Crippen LogP contribution is -2.28. The number of nitrogens with zero attached hydrogens (tertiary/aromatic N) is 2. The van der Waals surface area contributed by atoms with Crippen LogP contribution in [0.2, 0.25) is 0 Å². The molecule has 92 valence electrons. The van der Waals surface area contributed by atoms with Gasteiger partial charge in [0.15, 0.2) is 5.82 Å². The number of anilines is 1. The van der Waals surface area contributed by atoms with Crippen LogP contribution in [0.3, 0.4) is 0 Å². The van der Waals surface area contributed by atoms with Crippen LogP contribution in [0, 0.1) is 5.92 Å². The summed E-state index contributed by atoms with van der Waals surface area (Å²) < 4.78 is 10.1. The van der Waals surface area contributed by atoms with Crippen molar-refractivity contribution in [2.75, 3.05) is 25.6 Å². The summed E-state index contributed by atoms with van der Waals surface area (Å²) in [5, 5.41) is 2.74. The molecular weight excluding hydrogens is 222 g/mol. The minimum atomic E-state index is -0.0206. The van der Waals surface area contributed by atoms with Crippen molar-refractivity contribution in [3.63, 3.8) is 0 Å². The van der Waals surface area contributed by atoms with E-state index >= 15 is 0 Å². The fourth-order valence-electron chi connectivity index (χ4n) is 1.67. The van der Waals surface area contributed by atoms with Crippen molar-refractivity contribution < 1.29 is 14.3 Å². The van der Waals surface area contributed by atoms with Gasteiger partial charge in [-0.2, -0.15) is 0 Å². The van der Waals surface area contributed by atoms with Crippen LogP contribution in [0.4, 0.5) is 5.82 Å². The third-order valence-corrected chi connectivity index (χ3v) is 2.68. The van der Waals surface area contributed by atoms with Crippen LogP contribution in [-0.2, 0) is 9.53 Å². The van der Waals surface area contributed by atoms with Gasteiger partial charge >= 0.3 is 0 Å². The third-order valence-electron chi connectivity index (χ3n) is 2.68. The molecule has 6 nitrogen and oxygen atoms in total. The molecule has 6 heteroatoms. The largest absolute Gasteiger partial charge is 0.480 e. The molecule has 0 aliphatic carbocycles. The lowest BCUT2D eigenvalue weighted by Gasteiger charge is -2.20. The van der Waals surface area contributed by atoms with Crippen LogP contribution < -0.4 is 10.1 Å². The van der Waals surface area contributed by atoms with Gasteiger partial charge in [-0.25, -0.2) is 9.97 Å². The number of aromatic nitrogens is 2. The predicted molar refractivity (Wildman–Crippen MR) is 60.8 cm³/mol. The Morgan fingerprint density at radius 1 is 1.41 bits per heavy atom. The number of amides is 1. The molecule has 1 fully saturated rings. The fraction of sp³-hybridized carbons (Fsp3) is 0.545. The van der Waals surface area contributed by atoms with E-state index in [1.165, 1.54) is 19.5 Å². The first kappa shape index (κ1) is 11.8. The molecule has 0 spiro atoms. The Bertz CT molecular complexity index is 374. The highest BCUT2D eigenvalue weighted by molar-refractivity contribution is 5.91. The molecule has 0 saturated carbocycles. The van der Waals surface area contributed by atoms with Gasteiger partial charge in [-0.1, -0.05) is 0 Å². The van der Waals surface area contributed by atoms with E-state index < -0.39 is 0 Å². The van der Waals surface area contributed by atoms with Gasteiger partial charge in [0.05, 0.1) is 19.5 Å². The SMILES string of the molecule is COc1cnc(NC(=O)C2CCOCC2)cn1. The summed E-state index contributed by atoms with van der Waals surface area (Å²) in [4.78, 5) is 19.9. The summed E-state index contributed by atoms with van der Waals surface area (Å²) in [5.74, 6) is 0.858. The van der Waals surface area contributed by atoms with Crippen molar-refractivity contribution in [1.29, 1.82) is 0 Å². The molecule has 0 atom stereocenters. The lowest BCUT2D eigenvalue weighted by molar-refractivity contribution is -0.122. The monoisotopic (exact) mass is 237 g/mol. The molecule has 1 amide bonds. The van der Waals surface area contributed by atoms with Crippen LogP contribution in [-0.4, -0.2) is 36.2 Å². The van der Waals surface area contributed by atoms with E-state index in [1.54, 1.807) is 0 Å². The summed E-state index contributed by atoms with van der Waals surface area (Å²) in [6.07, 6.45) is 4.47. The van der Waals surface area contributed by atoms with Crippen molar-refractivity contribution in [3.05, 3.63) is 12.4 Å². The van der Waals surface area contributed by atoms with Gasteiger partial charge in [-0.15, -0.1) is 0 Å². The molecule has 1 aromatic rings. The highest BCUT2D eigenvalue weighted by atomic mass is 16.5. The maximum atomic E-state index is 11.9. The Morgan fingerprint density at radius 3 is 2.76 bits per heavy atom. The zero-order valence-electron chi connectivity index (χ0n) is 9.68. The highest BCUT2D eigenvalue weighted by Gasteiger charge is 2.21. The number of carbonyl (C=O) groups excluding carboxylic acids is 1. The van der Waals surface area contributed by atoms with Gasteiger partial charge in [0.25, 0.3) is 0 Å². The number of hydrogen-bond donors (Lipinski definition) is 1. The normalized spacial score (nSPS) is 16.5. The first-order valence-electron chi connectivity index (χ1n) is 5.54. The molecule has 2 heterocycles. The molecule has 0 aromatic carbocycles. The Balaban J connectivity index is 1.92. The van der Waals surface area contributed by atoms with Gasteiger partial charge < -0.3 is 14.8 Å². The van der Waals surface area contributed by atoms with Gasteiger partial charge in [0.1, 0.15) is 0 Å². The fourth-order valence-corrected chi connectivity index (χ4v) is 1.67. The van der Waals surface area contributed by atoms with Crippen molar-refractivity contribution in [1.82, 2.24) is 9.97 Å². The molecule has 1 aliphatic rings. The zero-order valence-corrected chi connectivity index (χ0v) is 9.68. The van der Waals surface area contributed by atoms with Crippen LogP contribution in [0.5, 0.6) is 5.88 Å². The lowest BCUT2D eigenvalue weighted by atomic mass is 9.99. The van der Waals surface area contributed by atoms with Crippen LogP contribution in [0.25, 0.3) is 0 Å². The van der Waals surface area contributed by atoms with Crippen molar-refractivity contribution in [3.8, 4) is 5.88 Å². The molecule has 2 rings (SSSR count). The molecule has 17 heavy (non-hydrogen) atoms. The molecule has 0 bridgehead atoms. The number of rotatable bonds is 3. The summed E-state index contributed by atoms with van der Waals surface area (Å²) in [6, 6.07) is 0. The Labute approximate surface area is 99.4 Å². The van der Waals surface area contributed by atoms with E-state index in [-0.39, 0.29) is 11.8 Å². The first-order chi connectivity index (χ1) is 8.29. The Morgan fingerprint density at radius 2 is 2.18 bits per heavy atom. The molecule has 1 aromatic heterocycles. The summed E-state index contributed by atoms with van der Waals surface area (Å²) in [6.45, 7) is 1.29. The second-order valence-electron chi connectivity index (χ2n) is 3.82. The van der Waals surface area contributed by atoms with Crippen LogP contribution in [0.15, 0.2) is 12.4 Å². The molecule has 1 aliphatic heterocycles. The first-order valence-corrected chi connectivity index (χ1v) is 5.54. The van der Waals surface area contributed by atoms with Crippen LogP contribution >= 0.6 is 0 Å². The van der Waals surface area contributed by atoms with E-state index in [0.29, 0.717) is 24.9 Å². The quantitative estimate of drug-likeness (QED) is 0.843. The van der Waals surface area contributed by atoms with E-state index in [0.717, 1.165) is 12.8 Å². The Hall–Kier alpha value is -1.69. The second-order valence-corrected chi connectivity index (χ2v) is 3.82. The summed E-state index contributed by atoms with van der Waals surface area (Å²) in [7, 11) is 1.52. The van der Waals surface area contributed by atoms with Gasteiger partial charge in [-0.3, -0.25) is 4.79 Å². The average Bonchev–Trinajstić information content (AvgIpc) is 2.40. The number of hydrogen-bond acceptors (Lipinski definition) is 5. The van der Waals surface area contributed by atoms with Gasteiger partial charge in [-0.05, 0) is 12.8 Å². The molecule has 0 unspecified atom stereocenters. The minimum absolute atomic E-state index is 0.00708. The maximum absolute atomic E-state index is 11.9. The molecule has 1 N–H and O–H groups in total. The standard InChI is InChI=1S/C11H15N3O3/c1-16-10-7-12-9(6-13-10)14-11(15)8-2-4-17-5-3-8/h6-8H,2-5H2,1H3,(H,12,14,15). The summed E-state index contributed by atoms with van der Waals surface area (Å²) in [5.41, 5.74) is 0. The topological polar surface area (TPSA) is 73.3 Å². The molecular formula is C11H15N3O3. The number of nitrogens with one attached hydrogen (secondary N) is 1. The van der Waals surface area contributed by atoms with E-state index in [4.69, 9.17) is 9.47 Å². The van der Waals surface area contributed by atoms with Crippen molar-refractivity contribution in [2.45, 2.75) is 12.8 Å². The van der Waals surface area contributed by atoms with E-state index in [9.17, 15) is 4.79 Å². The minimum Gasteiger partial charge on any atom is -0.480 e. The maximum Gasteiger partial charge on any atom is 0.232 e. The second kappa shape index (κ2) is 5.58. The number of methoxy groups -OCH3 is 1. The van der Waals surface area contributed by atoms with Gasteiger partial charge in [0.2, 0.25) is 11.8 Å². The van der Waals surface area contributed by atoms with Crippen LogP contribution in [0.1, 0.15) is 12.8 Å².